The monoisotopic (exact) mass is 212 g/mol. The summed E-state index contributed by atoms with van der Waals surface area (Å²) < 4.78 is 5.24. The maximum atomic E-state index is 5.96. The minimum absolute atomic E-state index is 0.349. The Morgan fingerprint density at radius 1 is 1.47 bits per heavy atom. The van der Waals surface area contributed by atoms with Crippen molar-refractivity contribution in [3.05, 3.63) is 0 Å². The van der Waals surface area contributed by atoms with Crippen LogP contribution in [0.3, 0.4) is 0 Å². The fourth-order valence-corrected chi connectivity index (χ4v) is 3.43. The molecule has 3 heteroatoms. The average Bonchev–Trinajstić information content (AvgIpc) is 2.62. The van der Waals surface area contributed by atoms with Crippen LogP contribution in [0, 0.1) is 11.8 Å². The van der Waals surface area contributed by atoms with Crippen LogP contribution in [0.1, 0.15) is 26.2 Å². The zero-order chi connectivity index (χ0) is 10.9. The third-order valence-electron chi connectivity index (χ3n) is 4.20. The summed E-state index contributed by atoms with van der Waals surface area (Å²) in [6, 6.07) is 0. The normalized spacial score (nSPS) is 41.8. The standard InChI is InChI=1S/C12H24N2O/c1-10-5-12(6-10,9-13)14-4-3-11(7-14)8-15-2/h10-11H,3-9,13H2,1-2H3. The van der Waals surface area contributed by atoms with E-state index in [0.29, 0.717) is 5.54 Å². The molecule has 2 fully saturated rings. The first-order valence-corrected chi connectivity index (χ1v) is 6.14. The molecule has 1 saturated carbocycles. The molecule has 2 rings (SSSR count). The van der Waals surface area contributed by atoms with Crippen molar-refractivity contribution in [1.82, 2.24) is 4.90 Å². The Hall–Kier alpha value is -0.120. The maximum absolute atomic E-state index is 5.96. The fourth-order valence-electron chi connectivity index (χ4n) is 3.43. The van der Waals surface area contributed by atoms with Crippen LogP contribution in [-0.4, -0.2) is 43.8 Å². The van der Waals surface area contributed by atoms with Crippen LogP contribution in [0.4, 0.5) is 0 Å². The van der Waals surface area contributed by atoms with Crippen LogP contribution in [-0.2, 0) is 4.74 Å². The van der Waals surface area contributed by atoms with Gasteiger partial charge in [-0.15, -0.1) is 0 Å². The van der Waals surface area contributed by atoms with Crippen LogP contribution in [0.25, 0.3) is 0 Å². The van der Waals surface area contributed by atoms with Crippen LogP contribution >= 0.6 is 0 Å². The van der Waals surface area contributed by atoms with Crippen molar-refractivity contribution < 1.29 is 4.74 Å². The molecule has 3 nitrogen and oxygen atoms in total. The molecule has 0 amide bonds. The predicted octanol–water partition coefficient (Wildman–Crippen LogP) is 1.08. The molecule has 0 aromatic carbocycles. The average molecular weight is 212 g/mol. The van der Waals surface area contributed by atoms with E-state index in [1.807, 2.05) is 0 Å². The highest BCUT2D eigenvalue weighted by Crippen LogP contribution is 2.43. The summed E-state index contributed by atoms with van der Waals surface area (Å²) in [4.78, 5) is 2.62. The van der Waals surface area contributed by atoms with Crippen molar-refractivity contribution in [3.63, 3.8) is 0 Å². The highest BCUT2D eigenvalue weighted by atomic mass is 16.5. The minimum atomic E-state index is 0.349. The molecule has 0 aromatic heterocycles. The zero-order valence-electron chi connectivity index (χ0n) is 10.0. The zero-order valence-corrected chi connectivity index (χ0v) is 10.0. The van der Waals surface area contributed by atoms with Crippen molar-refractivity contribution >= 4 is 0 Å². The molecule has 1 aliphatic heterocycles. The molecular formula is C12H24N2O. The molecule has 1 saturated heterocycles. The highest BCUT2D eigenvalue weighted by Gasteiger charge is 2.47. The molecule has 0 bridgehead atoms. The molecule has 15 heavy (non-hydrogen) atoms. The summed E-state index contributed by atoms with van der Waals surface area (Å²) >= 11 is 0. The number of methoxy groups -OCH3 is 1. The Morgan fingerprint density at radius 3 is 2.73 bits per heavy atom. The summed E-state index contributed by atoms with van der Waals surface area (Å²) in [5.74, 6) is 1.60. The smallest absolute Gasteiger partial charge is 0.0503 e. The lowest BCUT2D eigenvalue weighted by atomic mass is 9.68. The van der Waals surface area contributed by atoms with Gasteiger partial charge in [0.2, 0.25) is 0 Å². The van der Waals surface area contributed by atoms with Gasteiger partial charge >= 0.3 is 0 Å². The van der Waals surface area contributed by atoms with Crippen LogP contribution in [0.5, 0.6) is 0 Å². The third kappa shape index (κ3) is 2.05. The molecule has 1 atom stereocenters. The lowest BCUT2D eigenvalue weighted by Crippen LogP contribution is -2.60. The lowest BCUT2D eigenvalue weighted by Gasteiger charge is -2.52. The highest BCUT2D eigenvalue weighted by molar-refractivity contribution is 5.04. The molecule has 1 unspecified atom stereocenters. The van der Waals surface area contributed by atoms with E-state index in [4.69, 9.17) is 10.5 Å². The first-order valence-electron chi connectivity index (χ1n) is 6.14. The molecular weight excluding hydrogens is 188 g/mol. The Bertz CT molecular complexity index is 214. The van der Waals surface area contributed by atoms with E-state index < -0.39 is 0 Å². The molecule has 1 heterocycles. The van der Waals surface area contributed by atoms with Gasteiger partial charge in [0.15, 0.2) is 0 Å². The van der Waals surface area contributed by atoms with Crippen LogP contribution < -0.4 is 5.73 Å². The Balaban J connectivity index is 1.89. The summed E-state index contributed by atoms with van der Waals surface area (Å²) in [5.41, 5.74) is 6.31. The molecule has 0 spiro atoms. The second-order valence-corrected chi connectivity index (χ2v) is 5.50. The first kappa shape index (κ1) is 11.4. The summed E-state index contributed by atoms with van der Waals surface area (Å²) in [6.07, 6.45) is 3.87. The van der Waals surface area contributed by atoms with Crippen molar-refractivity contribution in [2.75, 3.05) is 33.4 Å². The molecule has 0 radical (unpaired) electrons. The number of ether oxygens (including phenoxy) is 1. The number of hydrogen-bond acceptors (Lipinski definition) is 3. The van der Waals surface area contributed by atoms with Gasteiger partial charge in [-0.3, -0.25) is 4.90 Å². The van der Waals surface area contributed by atoms with Crippen LogP contribution in [0.2, 0.25) is 0 Å². The van der Waals surface area contributed by atoms with Gasteiger partial charge in [-0.1, -0.05) is 6.92 Å². The van der Waals surface area contributed by atoms with Gasteiger partial charge in [0.05, 0.1) is 6.61 Å². The predicted molar refractivity (Wildman–Crippen MR) is 61.7 cm³/mol. The number of likely N-dealkylation sites (tertiary alicyclic amines) is 1. The minimum Gasteiger partial charge on any atom is -0.384 e. The van der Waals surface area contributed by atoms with E-state index in [-0.39, 0.29) is 0 Å². The molecule has 0 aromatic rings. The van der Waals surface area contributed by atoms with Crippen molar-refractivity contribution in [2.45, 2.75) is 31.7 Å². The fraction of sp³-hybridized carbons (Fsp3) is 1.00. The Kier molecular flexibility index (Phi) is 3.33. The summed E-state index contributed by atoms with van der Waals surface area (Å²) in [6.45, 7) is 6.48. The van der Waals surface area contributed by atoms with Gasteiger partial charge in [-0.2, -0.15) is 0 Å². The van der Waals surface area contributed by atoms with Crippen LogP contribution in [0.15, 0.2) is 0 Å². The number of nitrogens with zero attached hydrogens (tertiary/aromatic N) is 1. The summed E-state index contributed by atoms with van der Waals surface area (Å²) in [5, 5.41) is 0. The first-order chi connectivity index (χ1) is 7.20. The second-order valence-electron chi connectivity index (χ2n) is 5.50. The van der Waals surface area contributed by atoms with E-state index in [1.54, 1.807) is 7.11 Å². The number of hydrogen-bond donors (Lipinski definition) is 1. The summed E-state index contributed by atoms with van der Waals surface area (Å²) in [7, 11) is 1.80. The van der Waals surface area contributed by atoms with Gasteiger partial charge in [-0.25, -0.2) is 0 Å². The number of nitrogens with two attached hydrogens (primary N) is 1. The van der Waals surface area contributed by atoms with Crippen molar-refractivity contribution in [3.8, 4) is 0 Å². The van der Waals surface area contributed by atoms with Gasteiger partial charge < -0.3 is 10.5 Å². The van der Waals surface area contributed by atoms with E-state index in [0.717, 1.165) is 25.0 Å². The molecule has 1 aliphatic carbocycles. The van der Waals surface area contributed by atoms with Crippen molar-refractivity contribution in [2.24, 2.45) is 17.6 Å². The van der Waals surface area contributed by atoms with Gasteiger partial charge in [0.25, 0.3) is 0 Å². The maximum Gasteiger partial charge on any atom is 0.0503 e. The van der Waals surface area contributed by atoms with E-state index in [1.165, 1.54) is 32.4 Å². The van der Waals surface area contributed by atoms with E-state index in [9.17, 15) is 0 Å². The number of rotatable bonds is 4. The van der Waals surface area contributed by atoms with E-state index >= 15 is 0 Å². The molecule has 88 valence electrons. The SMILES string of the molecule is COCC1CCN(C2(CN)CC(C)C2)C1. The third-order valence-corrected chi connectivity index (χ3v) is 4.20. The van der Waals surface area contributed by atoms with Crippen molar-refractivity contribution in [1.29, 1.82) is 0 Å². The lowest BCUT2D eigenvalue weighted by molar-refractivity contribution is -0.00103. The van der Waals surface area contributed by atoms with E-state index in [2.05, 4.69) is 11.8 Å². The Labute approximate surface area is 93.0 Å². The topological polar surface area (TPSA) is 38.5 Å². The van der Waals surface area contributed by atoms with Gasteiger partial charge in [0, 0.05) is 25.7 Å². The Morgan fingerprint density at radius 2 is 2.20 bits per heavy atom. The van der Waals surface area contributed by atoms with Gasteiger partial charge in [-0.05, 0) is 37.6 Å². The quantitative estimate of drug-likeness (QED) is 0.758. The van der Waals surface area contributed by atoms with Gasteiger partial charge in [0.1, 0.15) is 0 Å². The second kappa shape index (κ2) is 4.40. The molecule has 2 aliphatic rings. The molecule has 2 N–H and O–H groups in total. The largest absolute Gasteiger partial charge is 0.384 e.